The van der Waals surface area contributed by atoms with Gasteiger partial charge in [-0.15, -0.1) is 0 Å². The number of methoxy groups -OCH3 is 1. The van der Waals surface area contributed by atoms with E-state index in [0.717, 1.165) is 10.8 Å². The normalized spacial score (nSPS) is 11.3. The zero-order valence-electron chi connectivity index (χ0n) is 10.3. The summed E-state index contributed by atoms with van der Waals surface area (Å²) >= 11 is 2.33. The predicted octanol–water partition coefficient (Wildman–Crippen LogP) is 3.20. The van der Waals surface area contributed by atoms with Crippen molar-refractivity contribution >= 4 is 28.6 Å². The Hall–Kier alpha value is -0.620. The molecule has 0 amide bonds. The van der Waals surface area contributed by atoms with Crippen LogP contribution in [0.3, 0.4) is 0 Å². The second kappa shape index (κ2) is 6.35. The minimum absolute atomic E-state index is 0.363. The fraction of sp³-hybridized carbons (Fsp3) is 0.462. The molecule has 0 N–H and O–H groups in total. The molecule has 0 atom stereocenters. The van der Waals surface area contributed by atoms with Crippen molar-refractivity contribution in [2.45, 2.75) is 26.1 Å². The van der Waals surface area contributed by atoms with Crippen molar-refractivity contribution in [2.24, 2.45) is 0 Å². The zero-order valence-corrected chi connectivity index (χ0v) is 12.5. The standard InChI is InChI=1S/C13H17IO3/c1-13(2,16-3)17-12(15)11-6-4-10(5-7-11)8-9-14/h4-7H,8-9H2,1-3H3. The van der Waals surface area contributed by atoms with Gasteiger partial charge in [-0.3, -0.25) is 0 Å². The van der Waals surface area contributed by atoms with Gasteiger partial charge in [-0.2, -0.15) is 0 Å². The maximum Gasteiger partial charge on any atom is 0.340 e. The van der Waals surface area contributed by atoms with E-state index in [1.807, 2.05) is 12.1 Å². The lowest BCUT2D eigenvalue weighted by Crippen LogP contribution is -2.29. The Balaban J connectivity index is 2.70. The summed E-state index contributed by atoms with van der Waals surface area (Å²) in [5, 5.41) is 0. The number of carbonyl (C=O) groups is 1. The molecule has 3 nitrogen and oxygen atoms in total. The molecule has 0 saturated heterocycles. The maximum atomic E-state index is 11.8. The third-order valence-corrected chi connectivity index (χ3v) is 2.94. The number of rotatable bonds is 5. The van der Waals surface area contributed by atoms with Crippen molar-refractivity contribution in [1.82, 2.24) is 0 Å². The van der Waals surface area contributed by atoms with Crippen LogP contribution in [0.4, 0.5) is 0 Å². The predicted molar refractivity (Wildman–Crippen MR) is 75.5 cm³/mol. The highest BCUT2D eigenvalue weighted by Crippen LogP contribution is 2.14. The van der Waals surface area contributed by atoms with E-state index in [1.54, 1.807) is 26.0 Å². The third-order valence-electron chi connectivity index (χ3n) is 2.40. The van der Waals surface area contributed by atoms with Gasteiger partial charge in [0.2, 0.25) is 5.79 Å². The van der Waals surface area contributed by atoms with Crippen LogP contribution in [0.5, 0.6) is 0 Å². The van der Waals surface area contributed by atoms with Crippen LogP contribution in [0, 0.1) is 0 Å². The molecular weight excluding hydrogens is 331 g/mol. The van der Waals surface area contributed by atoms with Gasteiger partial charge in [0.15, 0.2) is 0 Å². The number of hydrogen-bond donors (Lipinski definition) is 0. The molecule has 0 unspecified atom stereocenters. The average Bonchev–Trinajstić information content (AvgIpc) is 2.30. The Labute approximate surface area is 116 Å². The van der Waals surface area contributed by atoms with Crippen LogP contribution in [-0.2, 0) is 15.9 Å². The minimum Gasteiger partial charge on any atom is -0.430 e. The second-order valence-corrected chi connectivity index (χ2v) is 5.21. The summed E-state index contributed by atoms with van der Waals surface area (Å²) in [4.78, 5) is 11.8. The van der Waals surface area contributed by atoms with Gasteiger partial charge < -0.3 is 9.47 Å². The van der Waals surface area contributed by atoms with Crippen LogP contribution in [0.1, 0.15) is 29.8 Å². The highest BCUT2D eigenvalue weighted by atomic mass is 127. The van der Waals surface area contributed by atoms with Crippen molar-refractivity contribution in [1.29, 1.82) is 0 Å². The molecule has 0 heterocycles. The zero-order chi connectivity index (χ0) is 12.9. The Morgan fingerprint density at radius 3 is 2.35 bits per heavy atom. The van der Waals surface area contributed by atoms with Gasteiger partial charge in [0.05, 0.1) is 5.56 Å². The third kappa shape index (κ3) is 4.63. The van der Waals surface area contributed by atoms with Crippen LogP contribution < -0.4 is 0 Å². The van der Waals surface area contributed by atoms with Crippen molar-refractivity contribution in [3.8, 4) is 0 Å². The fourth-order valence-electron chi connectivity index (χ4n) is 1.24. The van der Waals surface area contributed by atoms with E-state index in [-0.39, 0.29) is 5.97 Å². The number of carbonyl (C=O) groups excluding carboxylic acids is 1. The molecule has 0 spiro atoms. The molecule has 0 bridgehead atoms. The molecule has 1 aromatic carbocycles. The molecule has 0 saturated carbocycles. The molecule has 0 radical (unpaired) electrons. The lowest BCUT2D eigenvalue weighted by atomic mass is 10.1. The highest BCUT2D eigenvalue weighted by Gasteiger charge is 2.22. The second-order valence-electron chi connectivity index (χ2n) is 4.13. The summed E-state index contributed by atoms with van der Waals surface area (Å²) in [5.41, 5.74) is 1.77. The molecule has 4 heteroatoms. The molecule has 1 aromatic rings. The number of alkyl halides is 1. The Bertz CT molecular complexity index is 371. The van der Waals surface area contributed by atoms with Gasteiger partial charge in [-0.1, -0.05) is 34.7 Å². The first kappa shape index (κ1) is 14.4. The van der Waals surface area contributed by atoms with Crippen molar-refractivity contribution in [2.75, 3.05) is 11.5 Å². The van der Waals surface area contributed by atoms with Gasteiger partial charge in [0.1, 0.15) is 0 Å². The monoisotopic (exact) mass is 348 g/mol. The molecular formula is C13H17IO3. The average molecular weight is 348 g/mol. The van der Waals surface area contributed by atoms with E-state index in [9.17, 15) is 4.79 Å². The summed E-state index contributed by atoms with van der Waals surface area (Å²) in [6, 6.07) is 7.48. The van der Waals surface area contributed by atoms with Crippen molar-refractivity contribution < 1.29 is 14.3 Å². The van der Waals surface area contributed by atoms with Crippen LogP contribution in [0.2, 0.25) is 0 Å². The number of halogens is 1. The first-order valence-corrected chi connectivity index (χ1v) is 6.94. The molecule has 17 heavy (non-hydrogen) atoms. The number of hydrogen-bond acceptors (Lipinski definition) is 3. The fourth-order valence-corrected chi connectivity index (χ4v) is 1.86. The van der Waals surface area contributed by atoms with Crippen LogP contribution >= 0.6 is 22.6 Å². The largest absolute Gasteiger partial charge is 0.430 e. The SMILES string of the molecule is COC(C)(C)OC(=O)c1ccc(CCI)cc1. The van der Waals surface area contributed by atoms with Crippen LogP contribution in [-0.4, -0.2) is 23.3 Å². The summed E-state index contributed by atoms with van der Waals surface area (Å²) in [7, 11) is 1.51. The van der Waals surface area contributed by atoms with E-state index >= 15 is 0 Å². The van der Waals surface area contributed by atoms with Crippen molar-refractivity contribution in [3.05, 3.63) is 35.4 Å². The minimum atomic E-state index is -0.891. The first-order valence-electron chi connectivity index (χ1n) is 5.42. The molecule has 0 aliphatic carbocycles. The van der Waals surface area contributed by atoms with Gasteiger partial charge in [0, 0.05) is 25.4 Å². The van der Waals surface area contributed by atoms with Gasteiger partial charge >= 0.3 is 5.97 Å². The quantitative estimate of drug-likeness (QED) is 0.355. The van der Waals surface area contributed by atoms with E-state index in [4.69, 9.17) is 9.47 Å². The van der Waals surface area contributed by atoms with Gasteiger partial charge in [-0.05, 0) is 24.1 Å². The topological polar surface area (TPSA) is 35.5 Å². The summed E-state index contributed by atoms with van der Waals surface area (Å²) in [6.07, 6.45) is 1.01. The number of benzene rings is 1. The highest BCUT2D eigenvalue weighted by molar-refractivity contribution is 14.1. The van der Waals surface area contributed by atoms with Gasteiger partial charge in [0.25, 0.3) is 0 Å². The van der Waals surface area contributed by atoms with E-state index in [1.165, 1.54) is 12.7 Å². The smallest absolute Gasteiger partial charge is 0.340 e. The molecule has 0 aliphatic rings. The summed E-state index contributed by atoms with van der Waals surface area (Å²) in [6.45, 7) is 3.41. The number of ether oxygens (including phenoxy) is 2. The molecule has 0 aliphatic heterocycles. The van der Waals surface area contributed by atoms with Crippen LogP contribution in [0.25, 0.3) is 0 Å². The maximum absolute atomic E-state index is 11.8. The Morgan fingerprint density at radius 2 is 1.88 bits per heavy atom. The lowest BCUT2D eigenvalue weighted by Gasteiger charge is -2.22. The van der Waals surface area contributed by atoms with E-state index in [0.29, 0.717) is 5.56 Å². The molecule has 0 fully saturated rings. The molecule has 1 rings (SSSR count). The number of aryl methyl sites for hydroxylation is 1. The van der Waals surface area contributed by atoms with Crippen molar-refractivity contribution in [3.63, 3.8) is 0 Å². The van der Waals surface area contributed by atoms with E-state index < -0.39 is 5.79 Å². The Kier molecular flexibility index (Phi) is 5.39. The summed E-state index contributed by atoms with van der Waals surface area (Å²) in [5.74, 6) is -1.25. The number of esters is 1. The van der Waals surface area contributed by atoms with Gasteiger partial charge in [-0.25, -0.2) is 4.79 Å². The first-order chi connectivity index (χ1) is 7.98. The summed E-state index contributed by atoms with van der Waals surface area (Å²) < 4.78 is 11.3. The van der Waals surface area contributed by atoms with Crippen LogP contribution in [0.15, 0.2) is 24.3 Å². The Morgan fingerprint density at radius 1 is 1.29 bits per heavy atom. The molecule has 94 valence electrons. The molecule has 0 aromatic heterocycles. The van der Waals surface area contributed by atoms with E-state index in [2.05, 4.69) is 22.6 Å². The lowest BCUT2D eigenvalue weighted by molar-refractivity contribution is -0.160.